The van der Waals surface area contributed by atoms with Gasteiger partial charge in [-0.2, -0.15) is 0 Å². The summed E-state index contributed by atoms with van der Waals surface area (Å²) < 4.78 is 5.07. The van der Waals surface area contributed by atoms with Gasteiger partial charge in [0.25, 0.3) is 0 Å². The Bertz CT molecular complexity index is 238. The van der Waals surface area contributed by atoms with Gasteiger partial charge in [0, 0.05) is 7.11 Å². The molecule has 0 spiro atoms. The Labute approximate surface area is 87.1 Å². The maximum atomic E-state index is 5.07. The molecule has 1 rings (SSSR count). The second-order valence-corrected chi connectivity index (χ2v) is 3.71. The van der Waals surface area contributed by atoms with Crippen LogP contribution in [0.15, 0.2) is 24.3 Å². The zero-order valence-corrected chi connectivity index (χ0v) is 9.25. The lowest BCUT2D eigenvalue weighted by molar-refractivity contribution is 0.185. The van der Waals surface area contributed by atoms with E-state index in [1.807, 2.05) is 0 Å². The average Bonchev–Trinajstić information content (AvgIpc) is 2.21. The first-order valence-corrected chi connectivity index (χ1v) is 5.43. The van der Waals surface area contributed by atoms with Crippen molar-refractivity contribution in [2.24, 2.45) is 0 Å². The van der Waals surface area contributed by atoms with Crippen molar-refractivity contribution in [3.8, 4) is 0 Å². The van der Waals surface area contributed by atoms with Crippen LogP contribution in [0.3, 0.4) is 0 Å². The second kappa shape index (κ2) is 6.61. The Balaban J connectivity index is 2.38. The van der Waals surface area contributed by atoms with Crippen molar-refractivity contribution in [2.45, 2.75) is 39.2 Å². The highest BCUT2D eigenvalue weighted by Crippen LogP contribution is 2.09. The molecule has 0 heterocycles. The van der Waals surface area contributed by atoms with Crippen molar-refractivity contribution in [3.05, 3.63) is 35.4 Å². The summed E-state index contributed by atoms with van der Waals surface area (Å²) in [7, 11) is 1.73. The third-order valence-corrected chi connectivity index (χ3v) is 2.40. The van der Waals surface area contributed by atoms with Crippen molar-refractivity contribution >= 4 is 0 Å². The summed E-state index contributed by atoms with van der Waals surface area (Å²) in [5.41, 5.74) is 2.70. The predicted molar refractivity (Wildman–Crippen MR) is 60.4 cm³/mol. The molecule has 0 aliphatic carbocycles. The number of methoxy groups -OCH3 is 1. The summed E-state index contributed by atoms with van der Waals surface area (Å²) >= 11 is 0. The third-order valence-electron chi connectivity index (χ3n) is 2.40. The Morgan fingerprint density at radius 3 is 2.21 bits per heavy atom. The molecule has 1 nitrogen and oxygen atoms in total. The lowest BCUT2D eigenvalue weighted by atomic mass is 10.1. The summed E-state index contributed by atoms with van der Waals surface area (Å²) in [5.74, 6) is 0. The molecule has 78 valence electrons. The Morgan fingerprint density at radius 2 is 1.64 bits per heavy atom. The van der Waals surface area contributed by atoms with Gasteiger partial charge in [0.2, 0.25) is 0 Å². The van der Waals surface area contributed by atoms with Crippen LogP contribution < -0.4 is 0 Å². The lowest BCUT2D eigenvalue weighted by Crippen LogP contribution is -1.89. The van der Waals surface area contributed by atoms with E-state index in [9.17, 15) is 0 Å². The summed E-state index contributed by atoms with van der Waals surface area (Å²) in [5, 5.41) is 0. The van der Waals surface area contributed by atoms with Crippen LogP contribution in [0.25, 0.3) is 0 Å². The first kappa shape index (κ1) is 11.3. The fraction of sp³-hybridized carbons (Fsp3) is 0.538. The molecule has 0 aliphatic heterocycles. The van der Waals surface area contributed by atoms with Gasteiger partial charge < -0.3 is 4.74 Å². The summed E-state index contributed by atoms with van der Waals surface area (Å²) in [6.07, 6.45) is 5.14. The molecule has 0 saturated heterocycles. The minimum Gasteiger partial charge on any atom is -0.380 e. The zero-order chi connectivity index (χ0) is 10.2. The Morgan fingerprint density at radius 1 is 1.00 bits per heavy atom. The van der Waals surface area contributed by atoms with Crippen LogP contribution >= 0.6 is 0 Å². The van der Waals surface area contributed by atoms with Crippen molar-refractivity contribution in [3.63, 3.8) is 0 Å². The number of rotatable bonds is 6. The number of aryl methyl sites for hydroxylation is 1. The Kier molecular flexibility index (Phi) is 5.31. The first-order valence-electron chi connectivity index (χ1n) is 5.43. The smallest absolute Gasteiger partial charge is 0.0713 e. The van der Waals surface area contributed by atoms with E-state index < -0.39 is 0 Å². The van der Waals surface area contributed by atoms with Crippen LogP contribution in [-0.2, 0) is 17.8 Å². The average molecular weight is 192 g/mol. The molecule has 1 heteroatoms. The van der Waals surface area contributed by atoms with E-state index in [1.165, 1.54) is 36.8 Å². The molecule has 0 saturated carbocycles. The molecule has 1 aromatic carbocycles. The van der Waals surface area contributed by atoms with Crippen molar-refractivity contribution < 1.29 is 4.74 Å². The van der Waals surface area contributed by atoms with E-state index in [0.29, 0.717) is 0 Å². The highest BCUT2D eigenvalue weighted by molar-refractivity contribution is 5.22. The number of hydrogen-bond donors (Lipinski definition) is 0. The normalized spacial score (nSPS) is 10.4. The Hall–Kier alpha value is -0.820. The molecule has 0 unspecified atom stereocenters. The highest BCUT2D eigenvalue weighted by atomic mass is 16.5. The lowest BCUT2D eigenvalue weighted by Gasteiger charge is -2.03. The van der Waals surface area contributed by atoms with Crippen LogP contribution in [-0.4, -0.2) is 7.11 Å². The molecule has 0 N–H and O–H groups in total. The highest BCUT2D eigenvalue weighted by Gasteiger charge is 1.94. The number of benzene rings is 1. The van der Waals surface area contributed by atoms with E-state index in [0.717, 1.165) is 6.61 Å². The maximum Gasteiger partial charge on any atom is 0.0713 e. The summed E-state index contributed by atoms with van der Waals surface area (Å²) in [4.78, 5) is 0. The quantitative estimate of drug-likeness (QED) is 0.626. The van der Waals surface area contributed by atoms with Crippen LogP contribution in [0.4, 0.5) is 0 Å². The van der Waals surface area contributed by atoms with Crippen molar-refractivity contribution in [1.82, 2.24) is 0 Å². The monoisotopic (exact) mass is 192 g/mol. The van der Waals surface area contributed by atoms with Gasteiger partial charge >= 0.3 is 0 Å². The fourth-order valence-corrected chi connectivity index (χ4v) is 1.55. The van der Waals surface area contributed by atoms with Crippen molar-refractivity contribution in [1.29, 1.82) is 0 Å². The van der Waals surface area contributed by atoms with E-state index in [2.05, 4.69) is 31.2 Å². The SMILES string of the molecule is CCCCCc1ccc(COC)cc1. The van der Waals surface area contributed by atoms with E-state index in [1.54, 1.807) is 7.11 Å². The first-order chi connectivity index (χ1) is 6.86. The van der Waals surface area contributed by atoms with Gasteiger partial charge in [0.1, 0.15) is 0 Å². The number of hydrogen-bond acceptors (Lipinski definition) is 1. The van der Waals surface area contributed by atoms with Gasteiger partial charge in [0.15, 0.2) is 0 Å². The van der Waals surface area contributed by atoms with Gasteiger partial charge in [-0.25, -0.2) is 0 Å². The molecule has 0 bridgehead atoms. The minimum atomic E-state index is 0.717. The van der Waals surface area contributed by atoms with Crippen LogP contribution in [0.2, 0.25) is 0 Å². The topological polar surface area (TPSA) is 9.23 Å². The van der Waals surface area contributed by atoms with E-state index in [4.69, 9.17) is 4.74 Å². The molecular weight excluding hydrogens is 172 g/mol. The predicted octanol–water partition coefficient (Wildman–Crippen LogP) is 3.57. The van der Waals surface area contributed by atoms with Crippen LogP contribution in [0.5, 0.6) is 0 Å². The fourth-order valence-electron chi connectivity index (χ4n) is 1.55. The molecule has 0 fully saturated rings. The maximum absolute atomic E-state index is 5.07. The standard InChI is InChI=1S/C13H20O/c1-3-4-5-6-12-7-9-13(10-8-12)11-14-2/h7-10H,3-6,11H2,1-2H3. The molecule has 0 radical (unpaired) electrons. The summed E-state index contributed by atoms with van der Waals surface area (Å²) in [6, 6.07) is 8.74. The van der Waals surface area contributed by atoms with Crippen LogP contribution in [0, 0.1) is 0 Å². The van der Waals surface area contributed by atoms with Gasteiger partial charge in [-0.1, -0.05) is 44.0 Å². The third kappa shape index (κ3) is 3.93. The molecular formula is C13H20O. The van der Waals surface area contributed by atoms with Crippen molar-refractivity contribution in [2.75, 3.05) is 7.11 Å². The molecule has 0 aromatic heterocycles. The van der Waals surface area contributed by atoms with E-state index >= 15 is 0 Å². The van der Waals surface area contributed by atoms with Gasteiger partial charge in [-0.3, -0.25) is 0 Å². The minimum absolute atomic E-state index is 0.717. The molecule has 0 amide bonds. The molecule has 0 atom stereocenters. The molecule has 14 heavy (non-hydrogen) atoms. The largest absolute Gasteiger partial charge is 0.380 e. The van der Waals surface area contributed by atoms with Gasteiger partial charge in [-0.05, 0) is 24.0 Å². The van der Waals surface area contributed by atoms with Gasteiger partial charge in [0.05, 0.1) is 6.61 Å². The molecule has 1 aromatic rings. The van der Waals surface area contributed by atoms with Gasteiger partial charge in [-0.15, -0.1) is 0 Å². The summed E-state index contributed by atoms with van der Waals surface area (Å²) in [6.45, 7) is 2.96. The molecule has 0 aliphatic rings. The number of unbranched alkanes of at least 4 members (excludes halogenated alkanes) is 2. The van der Waals surface area contributed by atoms with E-state index in [-0.39, 0.29) is 0 Å². The van der Waals surface area contributed by atoms with Crippen LogP contribution in [0.1, 0.15) is 37.3 Å². The zero-order valence-electron chi connectivity index (χ0n) is 9.25. The second-order valence-electron chi connectivity index (χ2n) is 3.71. The number of ether oxygens (including phenoxy) is 1.